The number of benzene rings is 1. The van der Waals surface area contributed by atoms with Gasteiger partial charge in [0.1, 0.15) is 5.65 Å². The molecule has 4 rings (SSSR count). The number of nitrogens with one attached hydrogen (secondary N) is 1. The number of hydrogen-bond acceptors (Lipinski definition) is 3. The Labute approximate surface area is 157 Å². The average molecular weight is 365 g/mol. The maximum absolute atomic E-state index is 12.5. The van der Waals surface area contributed by atoms with Crippen LogP contribution in [0.1, 0.15) is 30.0 Å². The minimum atomic E-state index is -0.108. The van der Waals surface area contributed by atoms with Crippen LogP contribution in [0.15, 0.2) is 53.5 Å². The van der Waals surface area contributed by atoms with Gasteiger partial charge in [0.2, 0.25) is 0 Å². The van der Waals surface area contributed by atoms with Crippen molar-refractivity contribution in [2.24, 2.45) is 0 Å². The van der Waals surface area contributed by atoms with Crippen molar-refractivity contribution in [2.75, 3.05) is 20.1 Å². The summed E-state index contributed by atoms with van der Waals surface area (Å²) in [5, 5.41) is 6.86. The van der Waals surface area contributed by atoms with Crippen molar-refractivity contribution >= 4 is 11.7 Å². The molecule has 27 heavy (non-hydrogen) atoms. The minimum Gasteiger partial charge on any atom is -0.341 e. The van der Waals surface area contributed by atoms with Gasteiger partial charge in [0, 0.05) is 50.4 Å². The summed E-state index contributed by atoms with van der Waals surface area (Å²) in [6.45, 7) is 2.06. The molecule has 7 nitrogen and oxygen atoms in total. The number of amides is 2. The van der Waals surface area contributed by atoms with Crippen LogP contribution in [0.3, 0.4) is 0 Å². The Kier molecular flexibility index (Phi) is 4.66. The lowest BCUT2D eigenvalue weighted by Gasteiger charge is -2.33. The van der Waals surface area contributed by atoms with Gasteiger partial charge in [-0.25, -0.2) is 4.79 Å². The SMILES string of the molecule is CNC(=O)N1CCC(c2cc(=O)n3nccc3n2Cc2ccccc2)CC1. The summed E-state index contributed by atoms with van der Waals surface area (Å²) < 4.78 is 3.63. The van der Waals surface area contributed by atoms with Crippen molar-refractivity contribution in [3.8, 4) is 0 Å². The lowest BCUT2D eigenvalue weighted by molar-refractivity contribution is 0.182. The molecule has 0 unspecified atom stereocenters. The van der Waals surface area contributed by atoms with Crippen molar-refractivity contribution < 1.29 is 4.79 Å². The summed E-state index contributed by atoms with van der Waals surface area (Å²) >= 11 is 0. The molecule has 0 bridgehead atoms. The fourth-order valence-electron chi connectivity index (χ4n) is 3.88. The first-order valence-corrected chi connectivity index (χ1v) is 9.25. The van der Waals surface area contributed by atoms with E-state index in [-0.39, 0.29) is 17.5 Å². The van der Waals surface area contributed by atoms with Crippen LogP contribution >= 0.6 is 0 Å². The molecule has 7 heteroatoms. The second-order valence-corrected chi connectivity index (χ2v) is 6.90. The molecule has 0 aliphatic carbocycles. The van der Waals surface area contributed by atoms with Gasteiger partial charge < -0.3 is 14.8 Å². The normalized spacial score (nSPS) is 15.2. The highest BCUT2D eigenvalue weighted by Gasteiger charge is 2.26. The van der Waals surface area contributed by atoms with Gasteiger partial charge in [-0.15, -0.1) is 0 Å². The molecule has 0 atom stereocenters. The molecule has 1 aliphatic rings. The maximum atomic E-state index is 12.5. The molecule has 2 aromatic heterocycles. The fourth-order valence-corrected chi connectivity index (χ4v) is 3.88. The van der Waals surface area contributed by atoms with E-state index in [9.17, 15) is 9.59 Å². The standard InChI is InChI=1S/C20H23N5O2/c1-21-20(27)23-11-8-16(9-12-23)17-13-19(26)25-18(7-10-22-25)24(17)14-15-5-3-2-4-6-15/h2-7,10,13,16H,8-9,11-12,14H2,1H3,(H,21,27). The molecule has 1 fully saturated rings. The van der Waals surface area contributed by atoms with E-state index < -0.39 is 0 Å². The molecule has 140 valence electrons. The monoisotopic (exact) mass is 365 g/mol. The number of carbonyl (C=O) groups is 1. The number of hydrogen-bond donors (Lipinski definition) is 1. The minimum absolute atomic E-state index is 0.0404. The van der Waals surface area contributed by atoms with E-state index in [2.05, 4.69) is 27.1 Å². The number of likely N-dealkylation sites (tertiary alicyclic amines) is 1. The van der Waals surface area contributed by atoms with Crippen molar-refractivity contribution in [3.63, 3.8) is 0 Å². The van der Waals surface area contributed by atoms with Crippen molar-refractivity contribution in [2.45, 2.75) is 25.3 Å². The summed E-state index contributed by atoms with van der Waals surface area (Å²) in [6, 6.07) is 13.8. The molecule has 0 saturated carbocycles. The van der Waals surface area contributed by atoms with Gasteiger partial charge in [-0.3, -0.25) is 4.79 Å². The Morgan fingerprint density at radius 2 is 1.93 bits per heavy atom. The summed E-state index contributed by atoms with van der Waals surface area (Å²) in [7, 11) is 1.65. The van der Waals surface area contributed by atoms with E-state index in [0.717, 1.165) is 24.2 Å². The first kappa shape index (κ1) is 17.3. The van der Waals surface area contributed by atoms with Gasteiger partial charge >= 0.3 is 6.03 Å². The number of fused-ring (bicyclic) bond motifs is 1. The number of piperidine rings is 1. The van der Waals surface area contributed by atoms with Crippen molar-refractivity contribution in [1.82, 2.24) is 24.4 Å². The van der Waals surface area contributed by atoms with Crippen LogP contribution in [-0.2, 0) is 6.54 Å². The molecule has 1 aliphatic heterocycles. The molecular weight excluding hydrogens is 342 g/mol. The van der Waals surface area contributed by atoms with Crippen molar-refractivity contribution in [1.29, 1.82) is 0 Å². The van der Waals surface area contributed by atoms with Gasteiger partial charge in [0.25, 0.3) is 5.56 Å². The van der Waals surface area contributed by atoms with Crippen LogP contribution < -0.4 is 10.9 Å². The van der Waals surface area contributed by atoms with E-state index in [4.69, 9.17) is 0 Å². The van der Waals surface area contributed by atoms with E-state index >= 15 is 0 Å². The third-order valence-electron chi connectivity index (χ3n) is 5.29. The second-order valence-electron chi connectivity index (χ2n) is 6.90. The number of nitrogens with zero attached hydrogens (tertiary/aromatic N) is 4. The highest BCUT2D eigenvalue weighted by Crippen LogP contribution is 2.28. The summed E-state index contributed by atoms with van der Waals surface area (Å²) in [4.78, 5) is 26.2. The Hall–Kier alpha value is -3.09. The molecular formula is C20H23N5O2. The number of aromatic nitrogens is 3. The molecule has 1 saturated heterocycles. The van der Waals surface area contributed by atoms with Gasteiger partial charge in [-0.2, -0.15) is 9.61 Å². The zero-order valence-electron chi connectivity index (χ0n) is 15.3. The predicted octanol–water partition coefficient (Wildman–Crippen LogP) is 2.06. The Morgan fingerprint density at radius 3 is 2.63 bits per heavy atom. The summed E-state index contributed by atoms with van der Waals surface area (Å²) in [6.07, 6.45) is 3.34. The molecule has 0 radical (unpaired) electrons. The largest absolute Gasteiger partial charge is 0.341 e. The van der Waals surface area contributed by atoms with Crippen LogP contribution in [0.25, 0.3) is 5.65 Å². The van der Waals surface area contributed by atoms with Gasteiger partial charge in [-0.1, -0.05) is 30.3 Å². The predicted molar refractivity (Wildman–Crippen MR) is 103 cm³/mol. The topological polar surface area (TPSA) is 71.6 Å². The molecule has 1 aromatic carbocycles. The van der Waals surface area contributed by atoms with Crippen LogP contribution in [0.4, 0.5) is 4.79 Å². The van der Waals surface area contributed by atoms with E-state index in [1.54, 1.807) is 19.3 Å². The third kappa shape index (κ3) is 3.32. The van der Waals surface area contributed by atoms with Crippen molar-refractivity contribution in [3.05, 3.63) is 70.3 Å². The second kappa shape index (κ2) is 7.26. The number of rotatable bonds is 3. The van der Waals surface area contributed by atoms with Gasteiger partial charge in [-0.05, 0) is 18.4 Å². The maximum Gasteiger partial charge on any atom is 0.317 e. The molecule has 3 heterocycles. The molecule has 2 amide bonds. The van der Waals surface area contributed by atoms with Gasteiger partial charge in [0.15, 0.2) is 0 Å². The highest BCUT2D eigenvalue weighted by atomic mass is 16.2. The van der Waals surface area contributed by atoms with E-state index in [0.29, 0.717) is 19.6 Å². The first-order valence-electron chi connectivity index (χ1n) is 9.25. The van der Waals surface area contributed by atoms with E-state index in [1.807, 2.05) is 29.2 Å². The lowest BCUT2D eigenvalue weighted by Crippen LogP contribution is -2.43. The van der Waals surface area contributed by atoms with Crippen LogP contribution in [0.2, 0.25) is 0 Å². The Morgan fingerprint density at radius 1 is 1.19 bits per heavy atom. The molecule has 0 spiro atoms. The van der Waals surface area contributed by atoms with Gasteiger partial charge in [0.05, 0.1) is 6.20 Å². The number of carbonyl (C=O) groups excluding carboxylic acids is 1. The smallest absolute Gasteiger partial charge is 0.317 e. The summed E-state index contributed by atoms with van der Waals surface area (Å²) in [5.74, 6) is 0.238. The molecule has 3 aromatic rings. The Bertz CT molecular complexity index is 1000. The van der Waals surface area contributed by atoms with Crippen LogP contribution in [-0.4, -0.2) is 45.2 Å². The zero-order chi connectivity index (χ0) is 18.8. The lowest BCUT2D eigenvalue weighted by atomic mass is 9.93. The Balaban J connectivity index is 1.71. The summed E-state index contributed by atoms with van der Waals surface area (Å²) in [5.41, 5.74) is 2.89. The molecule has 1 N–H and O–H groups in total. The van der Waals surface area contributed by atoms with E-state index in [1.165, 1.54) is 10.1 Å². The van der Waals surface area contributed by atoms with Crippen LogP contribution in [0.5, 0.6) is 0 Å². The first-order chi connectivity index (χ1) is 13.2. The quantitative estimate of drug-likeness (QED) is 0.772. The number of urea groups is 1. The average Bonchev–Trinajstić information content (AvgIpc) is 3.21. The van der Waals surface area contributed by atoms with Crippen LogP contribution in [0, 0.1) is 0 Å². The third-order valence-corrected chi connectivity index (χ3v) is 5.29. The fraction of sp³-hybridized carbons (Fsp3) is 0.350. The highest BCUT2D eigenvalue weighted by molar-refractivity contribution is 5.73. The zero-order valence-corrected chi connectivity index (χ0v) is 15.3.